The van der Waals surface area contributed by atoms with Gasteiger partial charge in [-0.15, -0.1) is 0 Å². The lowest BCUT2D eigenvalue weighted by molar-refractivity contribution is 0.173. The average molecular weight is 439 g/mol. The molecule has 0 atom stereocenters. The smallest absolute Gasteiger partial charge is 0.217 e. The van der Waals surface area contributed by atoms with E-state index in [4.69, 9.17) is 10.8 Å². The second kappa shape index (κ2) is 21.0. The topological polar surface area (TPSA) is 113 Å². The number of unbranched alkanes of at least 4 members (excludes halogenated alkanes) is 11. The van der Waals surface area contributed by atoms with Gasteiger partial charge >= 0.3 is 0 Å². The van der Waals surface area contributed by atoms with Crippen molar-refractivity contribution in [2.75, 3.05) is 13.2 Å². The second-order valence-electron chi connectivity index (χ2n) is 8.14. The molecule has 0 fully saturated rings. The fourth-order valence-electron chi connectivity index (χ4n) is 3.09. The molecule has 0 heterocycles. The minimum atomic E-state index is -4.48. The molecular weight excluding hydrogens is 390 g/mol. The van der Waals surface area contributed by atoms with Gasteiger partial charge in [0.2, 0.25) is 10.4 Å². The van der Waals surface area contributed by atoms with Crippen LogP contribution in [0, 0.1) is 0 Å². The summed E-state index contributed by atoms with van der Waals surface area (Å²) in [4.78, 5) is 0. The molecule has 0 radical (unpaired) electrons. The van der Waals surface area contributed by atoms with Crippen molar-refractivity contribution in [3.63, 3.8) is 0 Å². The van der Waals surface area contributed by atoms with Crippen LogP contribution in [0.25, 0.3) is 0 Å². The van der Waals surface area contributed by atoms with Gasteiger partial charge in [-0.05, 0) is 19.3 Å². The zero-order valence-electron chi connectivity index (χ0n) is 19.3. The molecule has 0 spiro atoms. The van der Waals surface area contributed by atoms with Crippen molar-refractivity contribution in [1.29, 1.82) is 0 Å². The molecule has 0 aromatic rings. The second-order valence-corrected chi connectivity index (χ2v) is 9.19. The minimum Gasteiger partial charge on any atom is -0.726 e. The predicted molar refractivity (Wildman–Crippen MR) is 121 cm³/mol. The highest BCUT2D eigenvalue weighted by Gasteiger charge is 2.21. The summed E-state index contributed by atoms with van der Waals surface area (Å²) in [6, 6.07) is 0. The average Bonchev–Trinajstić information content (AvgIpc) is 2.68. The fourth-order valence-corrected chi connectivity index (χ4v) is 3.41. The van der Waals surface area contributed by atoms with Crippen LogP contribution >= 0.6 is 0 Å². The van der Waals surface area contributed by atoms with E-state index in [1.807, 2.05) is 0 Å². The van der Waals surface area contributed by atoms with E-state index in [-0.39, 0.29) is 18.8 Å². The van der Waals surface area contributed by atoms with Crippen LogP contribution in [0.4, 0.5) is 0 Å². The van der Waals surface area contributed by atoms with E-state index in [0.29, 0.717) is 6.42 Å². The number of rotatable bonds is 19. The van der Waals surface area contributed by atoms with Crippen LogP contribution in [0.1, 0.15) is 124 Å². The summed E-state index contributed by atoms with van der Waals surface area (Å²) in [5, 5.41) is 9.11. The largest absolute Gasteiger partial charge is 0.726 e. The van der Waals surface area contributed by atoms with Gasteiger partial charge in [-0.25, -0.2) is 8.42 Å². The molecule has 0 unspecified atom stereocenters. The van der Waals surface area contributed by atoms with Gasteiger partial charge < -0.3 is 15.4 Å². The van der Waals surface area contributed by atoms with E-state index in [9.17, 15) is 13.0 Å². The van der Waals surface area contributed by atoms with Crippen LogP contribution in [-0.4, -0.2) is 36.8 Å². The first kappa shape index (κ1) is 31.0. The van der Waals surface area contributed by atoms with Crippen molar-refractivity contribution in [3.8, 4) is 0 Å². The molecule has 29 heavy (non-hydrogen) atoms. The molecule has 0 amide bonds. The zero-order chi connectivity index (χ0) is 22.4. The maximum Gasteiger partial charge on any atom is 0.217 e. The van der Waals surface area contributed by atoms with Gasteiger partial charge in [0.05, 0.1) is 13.2 Å². The molecule has 0 saturated heterocycles. The Kier molecular flexibility index (Phi) is 22.5. The van der Waals surface area contributed by atoms with Crippen LogP contribution in [-0.2, 0) is 14.6 Å². The molecule has 6 nitrogen and oxygen atoms in total. The van der Waals surface area contributed by atoms with Crippen molar-refractivity contribution < 1.29 is 22.3 Å². The van der Waals surface area contributed by atoms with Crippen molar-refractivity contribution in [3.05, 3.63) is 0 Å². The summed E-state index contributed by atoms with van der Waals surface area (Å²) in [6.07, 6.45) is 18.2. The number of nitrogens with two attached hydrogens (primary N) is 1. The summed E-state index contributed by atoms with van der Waals surface area (Å²) < 4.78 is 34.5. The summed E-state index contributed by atoms with van der Waals surface area (Å²) in [5.74, 6) is 0. The number of aliphatic hydroxyl groups is 1. The molecule has 178 valence electrons. The Morgan fingerprint density at radius 2 is 1.14 bits per heavy atom. The molecule has 0 bridgehead atoms. The van der Waals surface area contributed by atoms with Gasteiger partial charge in [-0.2, -0.15) is 0 Å². The van der Waals surface area contributed by atoms with Gasteiger partial charge in [-0.1, -0.05) is 104 Å². The Balaban J connectivity index is 0. The maximum atomic E-state index is 10.1. The summed E-state index contributed by atoms with van der Waals surface area (Å²) in [6.45, 7) is 6.68. The number of hydrogen-bond donors (Lipinski definition) is 2. The molecule has 0 aromatic carbocycles. The molecule has 0 aliphatic rings. The molecule has 0 aliphatic carbocycles. The quantitative estimate of drug-likeness (QED) is 0.158. The molecule has 0 rings (SSSR count). The Morgan fingerprint density at radius 3 is 1.48 bits per heavy atom. The Morgan fingerprint density at radius 1 is 0.759 bits per heavy atom. The van der Waals surface area contributed by atoms with Gasteiger partial charge in [0.25, 0.3) is 0 Å². The van der Waals surface area contributed by atoms with Gasteiger partial charge in [-0.3, -0.25) is 4.18 Å². The summed E-state index contributed by atoms with van der Waals surface area (Å²) >= 11 is 0. The lowest BCUT2D eigenvalue weighted by Gasteiger charge is -2.26. The van der Waals surface area contributed by atoms with E-state index < -0.39 is 10.4 Å². The molecule has 0 saturated carbocycles. The van der Waals surface area contributed by atoms with Crippen LogP contribution in [0.2, 0.25) is 0 Å². The van der Waals surface area contributed by atoms with Crippen LogP contribution in [0.15, 0.2) is 0 Å². The molecule has 7 heteroatoms. The monoisotopic (exact) mass is 438 g/mol. The molecule has 0 aliphatic heterocycles. The standard InChI is InChI=1S/C12H26O4S.C10H23NO/c1-2-3-4-5-6-7-8-9-10-11-12-16-17(13,14)15;1-3-5-7-10(11,9-12)8-6-4-2/h2-12H2,1H3,(H,13,14,15);12H,3-9,11H2,1-2H3/p-1. The van der Waals surface area contributed by atoms with Crippen LogP contribution < -0.4 is 5.73 Å². The van der Waals surface area contributed by atoms with E-state index in [1.165, 1.54) is 44.9 Å². The van der Waals surface area contributed by atoms with E-state index in [2.05, 4.69) is 25.0 Å². The predicted octanol–water partition coefficient (Wildman–Crippen LogP) is 5.44. The maximum absolute atomic E-state index is 10.1. The van der Waals surface area contributed by atoms with E-state index in [1.54, 1.807) is 0 Å². The highest BCUT2D eigenvalue weighted by Crippen LogP contribution is 2.17. The lowest BCUT2D eigenvalue weighted by Crippen LogP contribution is -2.43. The highest BCUT2D eigenvalue weighted by molar-refractivity contribution is 7.80. The molecule has 0 aromatic heterocycles. The summed E-state index contributed by atoms with van der Waals surface area (Å²) in [7, 11) is -4.48. The Bertz CT molecular complexity index is 421. The van der Waals surface area contributed by atoms with E-state index >= 15 is 0 Å². The minimum absolute atomic E-state index is 0.0301. The number of aliphatic hydroxyl groups excluding tert-OH is 1. The third kappa shape index (κ3) is 25.8. The molecule has 3 N–H and O–H groups in total. The van der Waals surface area contributed by atoms with E-state index in [0.717, 1.165) is 51.4 Å². The van der Waals surface area contributed by atoms with Crippen molar-refractivity contribution in [1.82, 2.24) is 0 Å². The fraction of sp³-hybridized carbons (Fsp3) is 1.00. The Hall–Kier alpha value is -0.210. The summed E-state index contributed by atoms with van der Waals surface area (Å²) in [5.41, 5.74) is 5.72. The van der Waals surface area contributed by atoms with Crippen LogP contribution in [0.3, 0.4) is 0 Å². The Labute approximate surface area is 180 Å². The normalized spacial score (nSPS) is 11.9. The number of hydrogen-bond acceptors (Lipinski definition) is 6. The third-order valence-electron chi connectivity index (χ3n) is 5.10. The first-order valence-corrected chi connectivity index (χ1v) is 13.1. The first-order valence-electron chi connectivity index (χ1n) is 11.7. The van der Waals surface area contributed by atoms with Gasteiger partial charge in [0.15, 0.2) is 0 Å². The lowest BCUT2D eigenvalue weighted by atomic mass is 9.89. The third-order valence-corrected chi connectivity index (χ3v) is 5.55. The van der Waals surface area contributed by atoms with Gasteiger partial charge in [0.1, 0.15) is 0 Å². The van der Waals surface area contributed by atoms with Crippen LogP contribution in [0.5, 0.6) is 0 Å². The molecular formula is C22H48NO5S-. The van der Waals surface area contributed by atoms with Gasteiger partial charge in [0, 0.05) is 5.54 Å². The van der Waals surface area contributed by atoms with Crippen molar-refractivity contribution in [2.45, 2.75) is 129 Å². The van der Waals surface area contributed by atoms with Crippen molar-refractivity contribution >= 4 is 10.4 Å². The SMILES string of the molecule is CCCCC(N)(CO)CCCC.CCCCCCCCCCCCOS(=O)(=O)[O-]. The highest BCUT2D eigenvalue weighted by atomic mass is 32.3. The van der Waals surface area contributed by atoms with Crippen molar-refractivity contribution in [2.24, 2.45) is 5.73 Å². The first-order chi connectivity index (χ1) is 13.7. The zero-order valence-corrected chi connectivity index (χ0v) is 20.1.